The maximum Gasteiger partial charge on any atom is 0.490 e. The molecule has 3 saturated heterocycles. The highest BCUT2D eigenvalue weighted by Gasteiger charge is 2.44. The Balaban J connectivity index is 0.000000318. The van der Waals surface area contributed by atoms with Crippen molar-refractivity contribution in [1.29, 1.82) is 0 Å². The summed E-state index contributed by atoms with van der Waals surface area (Å²) in [5.41, 5.74) is 0.958. The second kappa shape index (κ2) is 9.34. The maximum absolute atomic E-state index is 12.5. The SMILES string of the molecule is Cn1cc(N2C(=O)CC[C@@H]3[C@H]2CCN3CC2CCOCC2)cn1.O=C(O)C(F)(F)F. The highest BCUT2D eigenvalue weighted by Crippen LogP contribution is 2.35. The number of halogens is 3. The third-order valence-electron chi connectivity index (χ3n) is 5.93. The second-order valence-electron chi connectivity index (χ2n) is 7.95. The molecule has 4 heterocycles. The van der Waals surface area contributed by atoms with Crippen LogP contribution in [0.2, 0.25) is 0 Å². The first-order chi connectivity index (χ1) is 14.2. The lowest BCUT2D eigenvalue weighted by Gasteiger charge is -2.40. The van der Waals surface area contributed by atoms with Crippen LogP contribution in [0.15, 0.2) is 12.4 Å². The predicted octanol–water partition coefficient (Wildman–Crippen LogP) is 2.05. The van der Waals surface area contributed by atoms with Gasteiger partial charge in [-0.1, -0.05) is 0 Å². The number of aliphatic carboxylic acids is 1. The summed E-state index contributed by atoms with van der Waals surface area (Å²) in [6.07, 6.45) is 3.79. The molecule has 8 nitrogen and oxygen atoms in total. The van der Waals surface area contributed by atoms with E-state index in [4.69, 9.17) is 14.6 Å². The Bertz CT molecular complexity index is 748. The Labute approximate surface area is 172 Å². The number of ether oxygens (including phenoxy) is 1. The van der Waals surface area contributed by atoms with Crippen LogP contribution < -0.4 is 4.90 Å². The topological polar surface area (TPSA) is 87.9 Å². The Morgan fingerprint density at radius 3 is 2.47 bits per heavy atom. The highest BCUT2D eigenvalue weighted by molar-refractivity contribution is 5.94. The Kier molecular flexibility index (Phi) is 7.02. The molecule has 2 atom stereocenters. The van der Waals surface area contributed by atoms with Gasteiger partial charge >= 0.3 is 12.1 Å². The summed E-state index contributed by atoms with van der Waals surface area (Å²) in [4.78, 5) is 26.0. The first kappa shape index (κ1) is 22.5. The van der Waals surface area contributed by atoms with Crippen LogP contribution in [0.3, 0.4) is 0 Å². The number of carbonyl (C=O) groups is 2. The van der Waals surface area contributed by atoms with Gasteiger partial charge in [-0.25, -0.2) is 4.79 Å². The van der Waals surface area contributed by atoms with E-state index in [0.29, 0.717) is 18.5 Å². The molecule has 1 aromatic heterocycles. The molecule has 1 amide bonds. The lowest BCUT2D eigenvalue weighted by molar-refractivity contribution is -0.192. The van der Waals surface area contributed by atoms with Crippen molar-refractivity contribution in [3.8, 4) is 0 Å². The van der Waals surface area contributed by atoms with Gasteiger partial charge in [0.15, 0.2) is 0 Å². The van der Waals surface area contributed by atoms with Crippen molar-refractivity contribution in [2.24, 2.45) is 13.0 Å². The zero-order chi connectivity index (χ0) is 21.9. The van der Waals surface area contributed by atoms with Crippen LogP contribution in [0.1, 0.15) is 32.1 Å². The van der Waals surface area contributed by atoms with Crippen LogP contribution in [0.4, 0.5) is 18.9 Å². The van der Waals surface area contributed by atoms with E-state index in [1.54, 1.807) is 4.68 Å². The number of carboxylic acids is 1. The number of piperidine rings is 1. The molecule has 3 fully saturated rings. The van der Waals surface area contributed by atoms with Gasteiger partial charge in [-0.05, 0) is 31.6 Å². The Morgan fingerprint density at radius 1 is 1.23 bits per heavy atom. The molecule has 0 unspecified atom stereocenters. The number of hydrogen-bond acceptors (Lipinski definition) is 5. The number of carbonyl (C=O) groups excluding carboxylic acids is 1. The number of aromatic nitrogens is 2. The number of nitrogens with zero attached hydrogens (tertiary/aromatic N) is 4. The highest BCUT2D eigenvalue weighted by atomic mass is 19.4. The van der Waals surface area contributed by atoms with Crippen molar-refractivity contribution in [3.63, 3.8) is 0 Å². The molecule has 11 heteroatoms. The molecule has 4 rings (SSSR count). The van der Waals surface area contributed by atoms with Crippen LogP contribution in [-0.2, 0) is 21.4 Å². The van der Waals surface area contributed by atoms with Gasteiger partial charge in [0.05, 0.1) is 17.9 Å². The lowest BCUT2D eigenvalue weighted by Crippen LogP contribution is -2.53. The third kappa shape index (κ3) is 5.31. The summed E-state index contributed by atoms with van der Waals surface area (Å²) in [6.45, 7) is 4.09. The summed E-state index contributed by atoms with van der Waals surface area (Å²) in [6, 6.07) is 0.830. The summed E-state index contributed by atoms with van der Waals surface area (Å²) in [5.74, 6) is -1.74. The van der Waals surface area contributed by atoms with E-state index in [2.05, 4.69) is 10.00 Å². The van der Waals surface area contributed by atoms with Crippen LogP contribution in [-0.4, -0.2) is 76.2 Å². The van der Waals surface area contributed by atoms with E-state index in [1.165, 1.54) is 19.4 Å². The molecule has 1 N–H and O–H groups in total. The normalized spacial score (nSPS) is 25.6. The molecule has 3 aliphatic rings. The van der Waals surface area contributed by atoms with Gasteiger partial charge in [0, 0.05) is 52.0 Å². The zero-order valence-corrected chi connectivity index (χ0v) is 16.8. The third-order valence-corrected chi connectivity index (χ3v) is 5.93. The number of alkyl halides is 3. The summed E-state index contributed by atoms with van der Waals surface area (Å²) in [5, 5.41) is 11.4. The van der Waals surface area contributed by atoms with Crippen molar-refractivity contribution in [2.45, 2.75) is 50.4 Å². The van der Waals surface area contributed by atoms with Crippen molar-refractivity contribution >= 4 is 17.6 Å². The average Bonchev–Trinajstić information content (AvgIpc) is 3.29. The minimum absolute atomic E-state index is 0.257. The number of aryl methyl sites for hydroxylation is 1. The smallest absolute Gasteiger partial charge is 0.475 e. The lowest BCUT2D eigenvalue weighted by atomic mass is 9.94. The molecule has 0 aromatic carbocycles. The average molecular weight is 432 g/mol. The largest absolute Gasteiger partial charge is 0.490 e. The Morgan fingerprint density at radius 2 is 1.90 bits per heavy atom. The van der Waals surface area contributed by atoms with E-state index in [0.717, 1.165) is 44.2 Å². The number of hydrogen-bond donors (Lipinski definition) is 1. The van der Waals surface area contributed by atoms with Gasteiger partial charge < -0.3 is 14.7 Å². The number of likely N-dealkylation sites (tertiary alicyclic amines) is 1. The molecule has 0 bridgehead atoms. The quantitative estimate of drug-likeness (QED) is 0.787. The van der Waals surface area contributed by atoms with E-state index in [9.17, 15) is 18.0 Å². The summed E-state index contributed by atoms with van der Waals surface area (Å²) >= 11 is 0. The fraction of sp³-hybridized carbons (Fsp3) is 0.737. The molecular formula is C19H27F3N4O4. The molecule has 168 valence electrons. The standard InChI is InChI=1S/C17H26N4O2.C2HF3O2/c1-19-12-14(10-18-19)21-16-4-7-20(15(16)2-3-17(21)22)11-13-5-8-23-9-6-13;3-2(4,5)1(6)7/h10,12-13,15-16H,2-9,11H2,1H3;(H,6,7)/t15-,16-;/m1./s1. The minimum Gasteiger partial charge on any atom is -0.475 e. The Hall–Kier alpha value is -2.14. The predicted molar refractivity (Wildman–Crippen MR) is 101 cm³/mol. The number of carboxylic acid groups (broad SMARTS) is 1. The maximum atomic E-state index is 12.5. The molecule has 1 aromatic rings. The molecule has 3 aliphatic heterocycles. The first-order valence-electron chi connectivity index (χ1n) is 10.1. The van der Waals surface area contributed by atoms with Gasteiger partial charge in [0.1, 0.15) is 0 Å². The van der Waals surface area contributed by atoms with Gasteiger partial charge in [-0.3, -0.25) is 14.4 Å². The van der Waals surface area contributed by atoms with Gasteiger partial charge in [-0.2, -0.15) is 18.3 Å². The fourth-order valence-corrected chi connectivity index (χ4v) is 4.51. The minimum atomic E-state index is -5.08. The van der Waals surface area contributed by atoms with Crippen LogP contribution >= 0.6 is 0 Å². The molecule has 0 saturated carbocycles. The van der Waals surface area contributed by atoms with Crippen LogP contribution in [0.5, 0.6) is 0 Å². The number of amides is 1. The van der Waals surface area contributed by atoms with E-state index in [1.807, 2.05) is 24.3 Å². The molecule has 0 radical (unpaired) electrons. The summed E-state index contributed by atoms with van der Waals surface area (Å²) in [7, 11) is 1.90. The second-order valence-corrected chi connectivity index (χ2v) is 7.95. The van der Waals surface area contributed by atoms with Crippen LogP contribution in [0, 0.1) is 5.92 Å². The number of fused-ring (bicyclic) bond motifs is 1. The number of anilines is 1. The summed E-state index contributed by atoms with van der Waals surface area (Å²) < 4.78 is 39.0. The van der Waals surface area contributed by atoms with Crippen LogP contribution in [0.25, 0.3) is 0 Å². The molecule has 30 heavy (non-hydrogen) atoms. The molecular weight excluding hydrogens is 405 g/mol. The molecule has 0 aliphatic carbocycles. The van der Waals surface area contributed by atoms with E-state index >= 15 is 0 Å². The van der Waals surface area contributed by atoms with Gasteiger partial charge in [0.2, 0.25) is 5.91 Å². The fourth-order valence-electron chi connectivity index (χ4n) is 4.51. The van der Waals surface area contributed by atoms with E-state index in [-0.39, 0.29) is 5.91 Å². The van der Waals surface area contributed by atoms with Gasteiger partial charge in [0.25, 0.3) is 0 Å². The van der Waals surface area contributed by atoms with E-state index < -0.39 is 12.1 Å². The monoisotopic (exact) mass is 432 g/mol. The van der Waals surface area contributed by atoms with Crippen molar-refractivity contribution in [1.82, 2.24) is 14.7 Å². The van der Waals surface area contributed by atoms with Crippen molar-refractivity contribution in [2.75, 3.05) is 31.2 Å². The van der Waals surface area contributed by atoms with Crippen molar-refractivity contribution in [3.05, 3.63) is 12.4 Å². The van der Waals surface area contributed by atoms with Crippen molar-refractivity contribution < 1.29 is 32.6 Å². The first-order valence-corrected chi connectivity index (χ1v) is 10.1. The zero-order valence-electron chi connectivity index (χ0n) is 16.8. The molecule has 0 spiro atoms. The number of rotatable bonds is 3. The van der Waals surface area contributed by atoms with Gasteiger partial charge in [-0.15, -0.1) is 0 Å².